The molecule has 1 aliphatic rings. The van der Waals surface area contributed by atoms with Gasteiger partial charge in [0.2, 0.25) is 0 Å². The molecule has 1 aliphatic carbocycles. The third kappa shape index (κ3) is 9.19. The van der Waals surface area contributed by atoms with Gasteiger partial charge >= 0.3 is 7.82 Å². The Kier molecular flexibility index (Phi) is 10.3. The zero-order valence-electron chi connectivity index (χ0n) is 16.2. The number of allylic oxidation sites excluding steroid dienone is 2. The second-order valence-corrected chi connectivity index (χ2v) is 8.68. The molecule has 0 aromatic carbocycles. The van der Waals surface area contributed by atoms with Crippen LogP contribution in [0.4, 0.5) is 0 Å². The summed E-state index contributed by atoms with van der Waals surface area (Å²) in [5.74, 6) is -0.0244. The fraction of sp³-hybridized carbons (Fsp3) is 0.800. The van der Waals surface area contributed by atoms with E-state index in [4.69, 9.17) is 14.3 Å². The molecule has 2 unspecified atom stereocenters. The predicted molar refractivity (Wildman–Crippen MR) is 104 cm³/mol. The van der Waals surface area contributed by atoms with Gasteiger partial charge in [0.15, 0.2) is 0 Å². The first-order valence-corrected chi connectivity index (χ1v) is 11.5. The Labute approximate surface area is 154 Å². The highest BCUT2D eigenvalue weighted by atomic mass is 31.2. The van der Waals surface area contributed by atoms with Crippen LogP contribution in [0.15, 0.2) is 23.8 Å². The van der Waals surface area contributed by atoms with E-state index in [2.05, 4.69) is 13.0 Å². The molecular weight excluding hydrogens is 335 g/mol. The van der Waals surface area contributed by atoms with Gasteiger partial charge in [-0.1, -0.05) is 95.4 Å². The van der Waals surface area contributed by atoms with Gasteiger partial charge in [0.1, 0.15) is 5.60 Å². The van der Waals surface area contributed by atoms with Crippen molar-refractivity contribution >= 4 is 7.82 Å². The van der Waals surface area contributed by atoms with Crippen LogP contribution >= 0.6 is 7.82 Å². The van der Waals surface area contributed by atoms with E-state index in [-0.39, 0.29) is 5.92 Å². The Balaban J connectivity index is 2.21. The molecule has 0 heterocycles. The average Bonchev–Trinajstić information content (AvgIpc) is 2.51. The summed E-state index contributed by atoms with van der Waals surface area (Å²) in [5.41, 5.74) is 0.291. The van der Waals surface area contributed by atoms with Gasteiger partial charge in [-0.25, -0.2) is 4.57 Å². The lowest BCUT2D eigenvalue weighted by atomic mass is 9.79. The van der Waals surface area contributed by atoms with E-state index in [1.54, 1.807) is 13.0 Å². The predicted octanol–water partition coefficient (Wildman–Crippen LogP) is 6.30. The molecule has 25 heavy (non-hydrogen) atoms. The summed E-state index contributed by atoms with van der Waals surface area (Å²) in [7, 11) is -4.50. The summed E-state index contributed by atoms with van der Waals surface area (Å²) in [6.07, 6.45) is 19.8. The van der Waals surface area contributed by atoms with Crippen LogP contribution in [0, 0.1) is 5.92 Å². The van der Waals surface area contributed by atoms with Gasteiger partial charge in [-0.3, -0.25) is 4.52 Å². The number of hydrogen-bond acceptors (Lipinski definition) is 2. The number of phosphoric acid groups is 1. The number of rotatable bonds is 13. The van der Waals surface area contributed by atoms with Crippen molar-refractivity contribution in [1.82, 2.24) is 0 Å². The average molecular weight is 372 g/mol. The van der Waals surface area contributed by atoms with Crippen molar-refractivity contribution in [3.05, 3.63) is 23.8 Å². The lowest BCUT2D eigenvalue weighted by Gasteiger charge is -2.36. The van der Waals surface area contributed by atoms with Gasteiger partial charge in [0.05, 0.1) is 0 Å². The van der Waals surface area contributed by atoms with E-state index >= 15 is 0 Å². The summed E-state index contributed by atoms with van der Waals surface area (Å²) in [4.78, 5) is 18.3. The first-order valence-electron chi connectivity index (χ1n) is 9.93. The van der Waals surface area contributed by atoms with Crippen LogP contribution in [0.1, 0.15) is 91.4 Å². The van der Waals surface area contributed by atoms with Gasteiger partial charge in [0, 0.05) is 5.92 Å². The molecule has 0 fully saturated rings. The van der Waals surface area contributed by atoms with Gasteiger partial charge in [-0.15, -0.1) is 0 Å². The van der Waals surface area contributed by atoms with Crippen molar-refractivity contribution < 1.29 is 18.9 Å². The molecule has 0 radical (unpaired) electrons. The van der Waals surface area contributed by atoms with Crippen molar-refractivity contribution in [1.29, 1.82) is 0 Å². The summed E-state index contributed by atoms with van der Waals surface area (Å²) in [5, 5.41) is 0. The highest BCUT2D eigenvalue weighted by Gasteiger charge is 2.38. The van der Waals surface area contributed by atoms with Crippen molar-refractivity contribution in [3.8, 4) is 0 Å². The van der Waals surface area contributed by atoms with Crippen LogP contribution in [-0.4, -0.2) is 15.4 Å². The summed E-state index contributed by atoms with van der Waals surface area (Å²) in [6.45, 7) is 5.99. The zero-order valence-corrected chi connectivity index (χ0v) is 17.1. The van der Waals surface area contributed by atoms with Gasteiger partial charge in [-0.2, -0.15) is 0 Å². The molecule has 0 saturated carbocycles. The third-order valence-electron chi connectivity index (χ3n) is 5.29. The number of unbranched alkanes of at least 4 members (excludes halogenated alkanes) is 9. The van der Waals surface area contributed by atoms with Gasteiger partial charge < -0.3 is 9.79 Å². The van der Waals surface area contributed by atoms with Crippen molar-refractivity contribution in [2.24, 2.45) is 5.92 Å². The van der Waals surface area contributed by atoms with Crippen LogP contribution in [-0.2, 0) is 9.09 Å². The molecule has 0 bridgehead atoms. The molecule has 1 rings (SSSR count). The highest BCUT2D eigenvalue weighted by molar-refractivity contribution is 7.46. The molecule has 146 valence electrons. The van der Waals surface area contributed by atoms with Crippen LogP contribution in [0.5, 0.6) is 0 Å². The molecule has 0 saturated heterocycles. The molecule has 0 aromatic heterocycles. The van der Waals surface area contributed by atoms with Gasteiger partial charge in [0.25, 0.3) is 0 Å². The van der Waals surface area contributed by atoms with E-state index in [1.807, 2.05) is 13.0 Å². The van der Waals surface area contributed by atoms with Crippen molar-refractivity contribution in [3.63, 3.8) is 0 Å². The lowest BCUT2D eigenvalue weighted by molar-refractivity contribution is 0.0547. The number of phosphoric ester groups is 1. The second kappa shape index (κ2) is 11.3. The Morgan fingerprint density at radius 3 is 2.08 bits per heavy atom. The maximum Gasteiger partial charge on any atom is 0.470 e. The Morgan fingerprint density at radius 1 is 1.04 bits per heavy atom. The molecule has 2 N–H and O–H groups in total. The van der Waals surface area contributed by atoms with Crippen LogP contribution in [0.3, 0.4) is 0 Å². The van der Waals surface area contributed by atoms with E-state index in [0.717, 1.165) is 12.8 Å². The summed E-state index contributed by atoms with van der Waals surface area (Å²) in [6, 6.07) is 0. The zero-order chi connectivity index (χ0) is 18.8. The van der Waals surface area contributed by atoms with E-state index in [1.165, 1.54) is 63.4 Å². The highest BCUT2D eigenvalue weighted by Crippen LogP contribution is 2.47. The molecular formula is C20H37O4P. The van der Waals surface area contributed by atoms with E-state index in [0.29, 0.717) is 0 Å². The number of hydrogen-bond donors (Lipinski definition) is 2. The molecule has 5 heteroatoms. The normalized spacial score (nSPS) is 23.7. The molecule has 0 spiro atoms. The van der Waals surface area contributed by atoms with Crippen LogP contribution in [0.2, 0.25) is 0 Å². The molecule has 0 aromatic rings. The van der Waals surface area contributed by atoms with Gasteiger partial charge in [-0.05, 0) is 19.8 Å². The Hall–Kier alpha value is -0.410. The fourth-order valence-electron chi connectivity index (χ4n) is 3.50. The minimum Gasteiger partial charge on any atom is -0.303 e. The standard InChI is InChI=1S/C20H37O4P/c1-4-5-6-7-8-9-10-11-12-13-15-19-16-14-17-20(3,18(19)2)24-25(21,22)23/h14,16-18H,4-13,15H2,1-3H3,(H2,21,22,23). The largest absolute Gasteiger partial charge is 0.470 e. The molecule has 2 atom stereocenters. The van der Waals surface area contributed by atoms with Crippen molar-refractivity contribution in [2.75, 3.05) is 0 Å². The van der Waals surface area contributed by atoms with Crippen LogP contribution in [0.25, 0.3) is 0 Å². The minimum absolute atomic E-state index is 0.0244. The first kappa shape index (κ1) is 22.6. The smallest absolute Gasteiger partial charge is 0.303 e. The molecule has 0 amide bonds. The SMILES string of the molecule is CCCCCCCCCCCCC1=CC=CC(C)(OP(=O)(O)O)C1C. The first-order chi connectivity index (χ1) is 11.8. The quantitative estimate of drug-likeness (QED) is 0.294. The summed E-state index contributed by atoms with van der Waals surface area (Å²) >= 11 is 0. The maximum atomic E-state index is 11.2. The Morgan fingerprint density at radius 2 is 1.56 bits per heavy atom. The minimum atomic E-state index is -4.50. The Bertz CT molecular complexity index is 480. The third-order valence-corrected chi connectivity index (χ3v) is 5.92. The topological polar surface area (TPSA) is 66.8 Å². The maximum absolute atomic E-state index is 11.2. The van der Waals surface area contributed by atoms with E-state index in [9.17, 15) is 4.57 Å². The summed E-state index contributed by atoms with van der Waals surface area (Å²) < 4.78 is 16.3. The lowest BCUT2D eigenvalue weighted by Crippen LogP contribution is -2.35. The molecule has 0 aliphatic heterocycles. The van der Waals surface area contributed by atoms with Crippen LogP contribution < -0.4 is 0 Å². The van der Waals surface area contributed by atoms with E-state index < -0.39 is 13.4 Å². The molecule has 4 nitrogen and oxygen atoms in total. The fourth-order valence-corrected chi connectivity index (χ4v) is 4.23. The second-order valence-electron chi connectivity index (χ2n) is 7.52. The monoisotopic (exact) mass is 372 g/mol. The van der Waals surface area contributed by atoms with Crippen molar-refractivity contribution in [2.45, 2.75) is 97.0 Å².